The second-order valence-electron chi connectivity index (χ2n) is 9.80. The van der Waals surface area contributed by atoms with E-state index in [0.717, 1.165) is 0 Å². The van der Waals surface area contributed by atoms with Crippen LogP contribution in [0.2, 0.25) is 0 Å². The summed E-state index contributed by atoms with van der Waals surface area (Å²) in [6.07, 6.45) is 30.0. The fraction of sp³-hybridized carbons (Fsp3) is 0.829. The highest BCUT2D eigenvalue weighted by Crippen LogP contribution is 2.36. The van der Waals surface area contributed by atoms with Gasteiger partial charge in [-0.1, -0.05) is 174 Å². The third-order valence-corrected chi connectivity index (χ3v) is 7.06. The molecule has 0 nitrogen and oxygen atoms in total. The Balaban J connectivity index is -0.000000571. The molecule has 1 saturated carbocycles. The smallest absolute Gasteiger partial charge is 0.000177 e. The van der Waals surface area contributed by atoms with Crippen molar-refractivity contribution in [3.05, 3.63) is 36.0 Å². The van der Waals surface area contributed by atoms with Crippen molar-refractivity contribution in [1.82, 2.24) is 0 Å². The van der Waals surface area contributed by atoms with E-state index in [4.69, 9.17) is 0 Å². The Morgan fingerprint density at radius 2 is 1.00 bits per heavy atom. The molecule has 0 bridgehead atoms. The van der Waals surface area contributed by atoms with Gasteiger partial charge in [0.05, 0.1) is 0 Å². The van der Waals surface area contributed by atoms with Gasteiger partial charge in [-0.2, -0.15) is 0 Å². The number of unbranched alkanes of at least 4 members (excludes halogenated alkanes) is 13. The Morgan fingerprint density at radius 3 is 1.34 bits per heavy atom. The van der Waals surface area contributed by atoms with E-state index in [-0.39, 0.29) is 0 Å². The zero-order valence-corrected chi connectivity index (χ0v) is 26.2. The van der Waals surface area contributed by atoms with Crippen LogP contribution in [0.3, 0.4) is 0 Å². The Morgan fingerprint density at radius 1 is 0.629 bits per heavy atom. The van der Waals surface area contributed by atoms with E-state index >= 15 is 0 Å². The highest BCUT2D eigenvalue weighted by Gasteiger charge is 2.21. The van der Waals surface area contributed by atoms with Gasteiger partial charge in [-0.05, 0) is 45.4 Å². The van der Waals surface area contributed by atoms with E-state index < -0.39 is 0 Å². The summed E-state index contributed by atoms with van der Waals surface area (Å²) in [4.78, 5) is 0. The van der Waals surface area contributed by atoms with Gasteiger partial charge in [0.15, 0.2) is 0 Å². The first-order chi connectivity index (χ1) is 17.1. The topological polar surface area (TPSA) is 0 Å². The highest BCUT2D eigenvalue weighted by molar-refractivity contribution is 5.23. The first-order valence-electron chi connectivity index (χ1n) is 16.1. The minimum absolute atomic E-state index is 0.662. The second kappa shape index (κ2) is 33.2. The summed E-state index contributed by atoms with van der Waals surface area (Å²) >= 11 is 0. The van der Waals surface area contributed by atoms with E-state index in [1.165, 1.54) is 140 Å². The molecule has 0 atom stereocenters. The highest BCUT2D eigenvalue weighted by atomic mass is 14.3. The van der Waals surface area contributed by atoms with Crippen molar-refractivity contribution in [2.24, 2.45) is 5.92 Å². The molecule has 0 aromatic rings. The molecule has 1 fully saturated rings. The normalized spacial score (nSPS) is 13.4. The predicted molar refractivity (Wildman–Crippen MR) is 168 cm³/mol. The molecule has 0 aromatic heterocycles. The summed E-state index contributed by atoms with van der Waals surface area (Å²) in [5.41, 5.74) is 4.49. The lowest BCUT2D eigenvalue weighted by atomic mass is 9.95. The third kappa shape index (κ3) is 26.1. The van der Waals surface area contributed by atoms with Gasteiger partial charge >= 0.3 is 0 Å². The zero-order valence-electron chi connectivity index (χ0n) is 26.2. The Labute approximate surface area is 225 Å². The molecule has 0 heteroatoms. The van der Waals surface area contributed by atoms with Crippen LogP contribution in [0.15, 0.2) is 36.0 Å². The molecule has 1 aliphatic rings. The average molecular weight is 491 g/mol. The molecule has 0 radical (unpaired) electrons. The number of hydrogen-bond acceptors (Lipinski definition) is 0. The molecule has 0 N–H and O–H groups in total. The number of hydrogen-bond donors (Lipinski definition) is 0. The molecule has 0 aromatic carbocycles. The van der Waals surface area contributed by atoms with Crippen molar-refractivity contribution in [2.75, 3.05) is 0 Å². The van der Waals surface area contributed by atoms with E-state index in [2.05, 4.69) is 46.9 Å². The van der Waals surface area contributed by atoms with Crippen LogP contribution in [0, 0.1) is 5.92 Å². The molecule has 1 rings (SSSR count). The predicted octanol–water partition coefficient (Wildman–Crippen LogP) is 13.6. The largest absolute Gasteiger partial charge is 0.0992 e. The molecular weight excluding hydrogens is 420 g/mol. The maximum absolute atomic E-state index is 4.08. The van der Waals surface area contributed by atoms with Gasteiger partial charge in [-0.15, -0.1) is 0 Å². The summed E-state index contributed by atoms with van der Waals surface area (Å²) in [7, 11) is 0. The summed E-state index contributed by atoms with van der Waals surface area (Å²) in [6.45, 7) is 25.1. The molecule has 0 spiro atoms. The van der Waals surface area contributed by atoms with Gasteiger partial charge < -0.3 is 0 Å². The number of allylic oxidation sites excluding steroid dienone is 4. The zero-order chi connectivity index (χ0) is 27.2. The molecule has 1 aliphatic carbocycles. The average Bonchev–Trinajstić information content (AvgIpc) is 3.22. The molecule has 0 saturated heterocycles. The Kier molecular flexibility index (Phi) is 36.8. The van der Waals surface area contributed by atoms with Gasteiger partial charge in [0, 0.05) is 5.92 Å². The summed E-state index contributed by atoms with van der Waals surface area (Å²) in [6, 6.07) is 0. The van der Waals surface area contributed by atoms with Crippen molar-refractivity contribution in [3.8, 4) is 0 Å². The third-order valence-electron chi connectivity index (χ3n) is 7.06. The monoisotopic (exact) mass is 491 g/mol. The van der Waals surface area contributed by atoms with Crippen LogP contribution in [-0.2, 0) is 0 Å². The van der Waals surface area contributed by atoms with Crippen LogP contribution in [-0.4, -0.2) is 0 Å². The standard InChI is InChI=1S/C20H40.C11H18.2C2H6/c1-4-7-8-9-10-11-12-13-14-15-16-17-18-19-20(5-2)6-3;1-4-5-6-11-9(2)7-8-10(11)3;2*1-2/h5H,4,6-19H2,1-3H3;11H,2-8H2,1H3;2*1-2H3/b20-5-;;;. The Hall–Kier alpha value is -0.780. The lowest BCUT2D eigenvalue weighted by Crippen LogP contribution is -1.97. The van der Waals surface area contributed by atoms with Gasteiger partial charge in [0.25, 0.3) is 0 Å². The van der Waals surface area contributed by atoms with Crippen molar-refractivity contribution in [1.29, 1.82) is 0 Å². The fourth-order valence-electron chi connectivity index (χ4n) is 4.67. The van der Waals surface area contributed by atoms with Gasteiger partial charge in [0.1, 0.15) is 0 Å². The van der Waals surface area contributed by atoms with Gasteiger partial charge in [-0.25, -0.2) is 0 Å². The van der Waals surface area contributed by atoms with E-state index in [9.17, 15) is 0 Å². The van der Waals surface area contributed by atoms with E-state index in [1.54, 1.807) is 5.57 Å². The lowest BCUT2D eigenvalue weighted by molar-refractivity contribution is 0.538. The first kappa shape index (κ1) is 38.7. The van der Waals surface area contributed by atoms with Crippen LogP contribution >= 0.6 is 0 Å². The molecule has 0 unspecified atom stereocenters. The van der Waals surface area contributed by atoms with E-state index in [0.29, 0.717) is 5.92 Å². The molecule has 35 heavy (non-hydrogen) atoms. The fourth-order valence-corrected chi connectivity index (χ4v) is 4.67. The minimum atomic E-state index is 0.662. The van der Waals surface area contributed by atoms with Crippen LogP contribution in [0.1, 0.15) is 184 Å². The summed E-state index contributed by atoms with van der Waals surface area (Å²) in [5.74, 6) is 0.662. The van der Waals surface area contributed by atoms with Crippen molar-refractivity contribution >= 4 is 0 Å². The molecular formula is C35H70. The summed E-state index contributed by atoms with van der Waals surface area (Å²) in [5, 5.41) is 0. The molecule has 0 aliphatic heterocycles. The maximum Gasteiger partial charge on any atom is 0.000177 e. The lowest BCUT2D eigenvalue weighted by Gasteiger charge is -2.10. The van der Waals surface area contributed by atoms with Crippen molar-refractivity contribution in [2.45, 2.75) is 184 Å². The van der Waals surface area contributed by atoms with E-state index in [1.807, 2.05) is 27.7 Å². The Bertz CT molecular complexity index is 437. The van der Waals surface area contributed by atoms with Crippen molar-refractivity contribution < 1.29 is 0 Å². The molecule has 210 valence electrons. The summed E-state index contributed by atoms with van der Waals surface area (Å²) < 4.78 is 0. The molecule has 0 amide bonds. The number of rotatable bonds is 18. The van der Waals surface area contributed by atoms with Crippen LogP contribution in [0.5, 0.6) is 0 Å². The van der Waals surface area contributed by atoms with Crippen LogP contribution < -0.4 is 0 Å². The van der Waals surface area contributed by atoms with Gasteiger partial charge in [0.2, 0.25) is 0 Å². The van der Waals surface area contributed by atoms with Crippen LogP contribution in [0.4, 0.5) is 0 Å². The van der Waals surface area contributed by atoms with Gasteiger partial charge in [-0.3, -0.25) is 0 Å². The maximum atomic E-state index is 4.08. The second-order valence-corrected chi connectivity index (χ2v) is 9.80. The first-order valence-corrected chi connectivity index (χ1v) is 16.1. The minimum Gasteiger partial charge on any atom is -0.0992 e. The quantitative estimate of drug-likeness (QED) is 0.132. The van der Waals surface area contributed by atoms with Crippen molar-refractivity contribution in [3.63, 3.8) is 0 Å². The molecule has 0 heterocycles. The van der Waals surface area contributed by atoms with Crippen LogP contribution in [0.25, 0.3) is 0 Å². The SMILES string of the molecule is C/C=C(/CC)CCCCCCCCCCCCCCC.C=C1CCC(=C)C1CCCC.CC.CC.